The number of piperidine rings is 2. The van der Waals surface area contributed by atoms with E-state index in [1.165, 1.54) is 45.1 Å². The monoisotopic (exact) mass is 388 g/mol. The van der Waals surface area contributed by atoms with Crippen molar-refractivity contribution in [2.45, 2.75) is 84.0 Å². The van der Waals surface area contributed by atoms with Crippen LogP contribution in [-0.2, 0) is 9.59 Å². The van der Waals surface area contributed by atoms with E-state index in [9.17, 15) is 9.59 Å². The second-order valence-electron chi connectivity index (χ2n) is 10.6. The average Bonchev–Trinajstić information content (AvgIpc) is 2.72. The van der Waals surface area contributed by atoms with Crippen LogP contribution in [0.15, 0.2) is 0 Å². The highest BCUT2D eigenvalue weighted by Gasteiger charge is 2.44. The van der Waals surface area contributed by atoms with Crippen LogP contribution in [0.2, 0.25) is 0 Å². The molecule has 4 fully saturated rings. The van der Waals surface area contributed by atoms with Crippen LogP contribution >= 0.6 is 0 Å². The molecule has 1 amide bonds. The van der Waals surface area contributed by atoms with Gasteiger partial charge in [-0.3, -0.25) is 9.59 Å². The number of nitrogens with zero attached hydrogens (tertiary/aromatic N) is 2. The highest BCUT2D eigenvalue weighted by atomic mass is 16.2. The zero-order valence-electron chi connectivity index (χ0n) is 18.0. The summed E-state index contributed by atoms with van der Waals surface area (Å²) in [7, 11) is 0. The Labute approximate surface area is 171 Å². The maximum atomic E-state index is 13.0. The second-order valence-corrected chi connectivity index (χ2v) is 10.6. The molecule has 2 saturated heterocycles. The molecule has 158 valence electrons. The van der Waals surface area contributed by atoms with Crippen molar-refractivity contribution in [3.05, 3.63) is 0 Å². The number of rotatable bonds is 5. The summed E-state index contributed by atoms with van der Waals surface area (Å²) in [4.78, 5) is 30.2. The number of fused-ring (bicyclic) bond motifs is 1. The maximum Gasteiger partial charge on any atom is 0.226 e. The Morgan fingerprint density at radius 1 is 0.893 bits per heavy atom. The lowest BCUT2D eigenvalue weighted by molar-refractivity contribution is -0.153. The van der Waals surface area contributed by atoms with Crippen molar-refractivity contribution in [2.24, 2.45) is 23.2 Å². The molecule has 2 aliphatic heterocycles. The molecule has 4 aliphatic rings. The lowest BCUT2D eigenvalue weighted by Crippen LogP contribution is -2.55. The quantitative estimate of drug-likeness (QED) is 0.706. The smallest absolute Gasteiger partial charge is 0.226 e. The number of amides is 1. The molecule has 2 atom stereocenters. The molecule has 4 rings (SSSR count). The second kappa shape index (κ2) is 8.85. The number of carbonyl (C=O) groups excluding carboxylic acids is 2. The Morgan fingerprint density at radius 3 is 2.25 bits per heavy atom. The summed E-state index contributed by atoms with van der Waals surface area (Å²) in [6.45, 7) is 7.08. The molecule has 2 saturated carbocycles. The van der Waals surface area contributed by atoms with E-state index in [0.29, 0.717) is 12.3 Å². The van der Waals surface area contributed by atoms with Crippen LogP contribution in [0.5, 0.6) is 0 Å². The van der Waals surface area contributed by atoms with E-state index in [1.54, 1.807) is 0 Å². The summed E-state index contributed by atoms with van der Waals surface area (Å²) in [6, 6.07) is 0. The molecule has 0 radical (unpaired) electrons. The molecule has 28 heavy (non-hydrogen) atoms. The molecule has 2 heterocycles. The summed E-state index contributed by atoms with van der Waals surface area (Å²) in [5.74, 6) is 1.60. The predicted octanol–water partition coefficient (Wildman–Crippen LogP) is 4.28. The van der Waals surface area contributed by atoms with Gasteiger partial charge < -0.3 is 9.80 Å². The summed E-state index contributed by atoms with van der Waals surface area (Å²) in [6.07, 6.45) is 15.0. The third-order valence-corrected chi connectivity index (χ3v) is 8.37. The minimum atomic E-state index is -0.00539. The van der Waals surface area contributed by atoms with Crippen molar-refractivity contribution in [3.8, 4) is 0 Å². The molecule has 0 aromatic rings. The highest BCUT2D eigenvalue weighted by molar-refractivity contribution is 5.96. The summed E-state index contributed by atoms with van der Waals surface area (Å²) >= 11 is 0. The summed E-state index contributed by atoms with van der Waals surface area (Å²) in [5.41, 5.74) is 0.179. The summed E-state index contributed by atoms with van der Waals surface area (Å²) < 4.78 is 0. The zero-order chi connectivity index (χ0) is 19.6. The third kappa shape index (κ3) is 4.63. The third-order valence-electron chi connectivity index (χ3n) is 8.37. The van der Waals surface area contributed by atoms with Crippen LogP contribution in [0.3, 0.4) is 0 Å². The molecule has 4 nitrogen and oxygen atoms in total. The molecule has 0 aromatic carbocycles. The van der Waals surface area contributed by atoms with E-state index in [1.807, 2.05) is 4.90 Å². The van der Waals surface area contributed by atoms with Crippen LogP contribution in [0, 0.1) is 23.2 Å². The number of hydrogen-bond donors (Lipinski definition) is 0. The fourth-order valence-electron chi connectivity index (χ4n) is 6.34. The topological polar surface area (TPSA) is 40.6 Å². The van der Waals surface area contributed by atoms with Gasteiger partial charge in [-0.05, 0) is 63.1 Å². The maximum absolute atomic E-state index is 13.0. The SMILES string of the molecule is CC1(CN2CC(=O)[C@H]3CCCC[C@H]3C2=O)CCN(CCC2CCCCC2)CC1. The van der Waals surface area contributed by atoms with Gasteiger partial charge in [-0.1, -0.05) is 51.9 Å². The Bertz CT molecular complexity index is 561. The Balaban J connectivity index is 1.26. The Morgan fingerprint density at radius 2 is 1.54 bits per heavy atom. The number of Topliss-reactive ketones (excluding diaryl/α,β-unsaturated/α-hetero) is 1. The normalized spacial score (nSPS) is 32.4. The van der Waals surface area contributed by atoms with Crippen LogP contribution in [-0.4, -0.2) is 54.2 Å². The Hall–Kier alpha value is -0.900. The van der Waals surface area contributed by atoms with E-state index in [0.717, 1.165) is 64.1 Å². The molecule has 0 unspecified atom stereocenters. The zero-order valence-corrected chi connectivity index (χ0v) is 18.0. The number of likely N-dealkylation sites (tertiary alicyclic amines) is 2. The minimum absolute atomic E-state index is 0.00539. The minimum Gasteiger partial charge on any atom is -0.335 e. The number of ketones is 1. The fourth-order valence-corrected chi connectivity index (χ4v) is 6.34. The van der Waals surface area contributed by atoms with Crippen LogP contribution in [0.1, 0.15) is 84.0 Å². The first kappa shape index (κ1) is 20.4. The first-order valence-electron chi connectivity index (χ1n) is 12.1. The highest BCUT2D eigenvalue weighted by Crippen LogP contribution is 2.38. The van der Waals surface area contributed by atoms with Crippen LogP contribution < -0.4 is 0 Å². The van der Waals surface area contributed by atoms with Gasteiger partial charge in [0.25, 0.3) is 0 Å². The van der Waals surface area contributed by atoms with Crippen molar-refractivity contribution >= 4 is 11.7 Å². The van der Waals surface area contributed by atoms with E-state index in [2.05, 4.69) is 11.8 Å². The molecule has 4 heteroatoms. The molecular weight excluding hydrogens is 348 g/mol. The molecule has 0 spiro atoms. The molecule has 0 N–H and O–H groups in total. The number of carbonyl (C=O) groups is 2. The van der Waals surface area contributed by atoms with Crippen molar-refractivity contribution in [1.82, 2.24) is 9.80 Å². The van der Waals surface area contributed by atoms with Crippen molar-refractivity contribution < 1.29 is 9.59 Å². The fraction of sp³-hybridized carbons (Fsp3) is 0.917. The van der Waals surface area contributed by atoms with Gasteiger partial charge in [0.1, 0.15) is 0 Å². The van der Waals surface area contributed by atoms with Crippen LogP contribution in [0.25, 0.3) is 0 Å². The van der Waals surface area contributed by atoms with E-state index in [-0.39, 0.29) is 23.2 Å². The van der Waals surface area contributed by atoms with E-state index < -0.39 is 0 Å². The van der Waals surface area contributed by atoms with Gasteiger partial charge in [-0.15, -0.1) is 0 Å². The summed E-state index contributed by atoms with van der Waals surface area (Å²) in [5, 5.41) is 0. The lowest BCUT2D eigenvalue weighted by atomic mass is 9.72. The lowest BCUT2D eigenvalue weighted by Gasteiger charge is -2.46. The van der Waals surface area contributed by atoms with Gasteiger partial charge in [-0.25, -0.2) is 0 Å². The standard InChI is InChI=1S/C24H40N2O2/c1-24(12-15-25(16-13-24)14-11-19-7-3-2-4-8-19)18-26-17-22(27)20-9-5-6-10-21(20)23(26)28/h19-21H,2-18H2,1H3/t20-,21+/m0/s1. The predicted molar refractivity (Wildman–Crippen MR) is 112 cm³/mol. The van der Waals surface area contributed by atoms with E-state index >= 15 is 0 Å². The van der Waals surface area contributed by atoms with Gasteiger partial charge in [0.15, 0.2) is 5.78 Å². The van der Waals surface area contributed by atoms with Gasteiger partial charge in [0, 0.05) is 18.4 Å². The molecular formula is C24H40N2O2. The largest absolute Gasteiger partial charge is 0.335 e. The van der Waals surface area contributed by atoms with Crippen molar-refractivity contribution in [2.75, 3.05) is 32.7 Å². The van der Waals surface area contributed by atoms with Gasteiger partial charge in [-0.2, -0.15) is 0 Å². The first-order chi connectivity index (χ1) is 13.5. The van der Waals surface area contributed by atoms with Gasteiger partial charge >= 0.3 is 0 Å². The van der Waals surface area contributed by atoms with E-state index in [4.69, 9.17) is 0 Å². The molecule has 0 aromatic heterocycles. The van der Waals surface area contributed by atoms with Gasteiger partial charge in [0.05, 0.1) is 6.54 Å². The van der Waals surface area contributed by atoms with Crippen molar-refractivity contribution in [1.29, 1.82) is 0 Å². The Kier molecular flexibility index (Phi) is 6.44. The molecule has 0 bridgehead atoms. The first-order valence-corrected chi connectivity index (χ1v) is 12.1. The van der Waals surface area contributed by atoms with Crippen LogP contribution in [0.4, 0.5) is 0 Å². The average molecular weight is 389 g/mol. The van der Waals surface area contributed by atoms with Gasteiger partial charge in [0.2, 0.25) is 5.91 Å². The molecule has 2 aliphatic carbocycles. The van der Waals surface area contributed by atoms with Crippen molar-refractivity contribution in [3.63, 3.8) is 0 Å². The number of hydrogen-bond acceptors (Lipinski definition) is 3.